The number of hydrogen-bond donors (Lipinski definition) is 1. The molecule has 1 aliphatic rings. The van der Waals surface area contributed by atoms with Crippen LogP contribution in [0.25, 0.3) is 0 Å². The van der Waals surface area contributed by atoms with E-state index in [1.807, 2.05) is 13.0 Å². The van der Waals surface area contributed by atoms with E-state index in [1.54, 1.807) is 7.11 Å². The molecule has 4 nitrogen and oxygen atoms in total. The van der Waals surface area contributed by atoms with Gasteiger partial charge in [-0.2, -0.15) is 0 Å². The maximum atomic E-state index is 5.71. The molecular weight excluding hydrogens is 252 g/mol. The molecular formula is C16H26N2O2. The van der Waals surface area contributed by atoms with Gasteiger partial charge in [0.15, 0.2) is 0 Å². The summed E-state index contributed by atoms with van der Waals surface area (Å²) in [4.78, 5) is 4.51. The van der Waals surface area contributed by atoms with Gasteiger partial charge in [0.05, 0.1) is 12.2 Å². The standard InChI is InChI=1S/C16H26N2O2/c1-12-13(11-17-14-6-7-14)5-8-15(18-12)20-10-9-16(2,3)19-4/h5,8,14,17H,6-7,9-11H2,1-4H3. The molecule has 0 radical (unpaired) electrons. The van der Waals surface area contributed by atoms with Gasteiger partial charge < -0.3 is 14.8 Å². The van der Waals surface area contributed by atoms with Gasteiger partial charge in [0.1, 0.15) is 0 Å². The Morgan fingerprint density at radius 2 is 2.10 bits per heavy atom. The third-order valence-corrected chi connectivity index (χ3v) is 3.83. The lowest BCUT2D eigenvalue weighted by molar-refractivity contribution is 0.00507. The highest BCUT2D eigenvalue weighted by molar-refractivity contribution is 5.25. The molecule has 2 rings (SSSR count). The van der Waals surface area contributed by atoms with Crippen LogP contribution < -0.4 is 10.1 Å². The molecule has 112 valence electrons. The van der Waals surface area contributed by atoms with Crippen molar-refractivity contribution in [2.24, 2.45) is 0 Å². The number of hydrogen-bond acceptors (Lipinski definition) is 4. The third kappa shape index (κ3) is 4.76. The fourth-order valence-corrected chi connectivity index (χ4v) is 1.88. The molecule has 0 bridgehead atoms. The van der Waals surface area contributed by atoms with Gasteiger partial charge in [-0.15, -0.1) is 0 Å². The van der Waals surface area contributed by atoms with Crippen molar-refractivity contribution >= 4 is 0 Å². The zero-order valence-electron chi connectivity index (χ0n) is 13.0. The molecule has 20 heavy (non-hydrogen) atoms. The van der Waals surface area contributed by atoms with E-state index in [2.05, 4.69) is 30.2 Å². The molecule has 1 fully saturated rings. The summed E-state index contributed by atoms with van der Waals surface area (Å²) in [5.74, 6) is 0.699. The first kappa shape index (κ1) is 15.3. The van der Waals surface area contributed by atoms with E-state index in [0.29, 0.717) is 12.5 Å². The van der Waals surface area contributed by atoms with Gasteiger partial charge in [-0.05, 0) is 39.2 Å². The number of rotatable bonds is 8. The summed E-state index contributed by atoms with van der Waals surface area (Å²) in [5.41, 5.74) is 2.14. The molecule has 1 aliphatic carbocycles. The monoisotopic (exact) mass is 278 g/mol. The van der Waals surface area contributed by atoms with E-state index in [-0.39, 0.29) is 5.60 Å². The van der Waals surface area contributed by atoms with Gasteiger partial charge >= 0.3 is 0 Å². The third-order valence-electron chi connectivity index (χ3n) is 3.83. The van der Waals surface area contributed by atoms with E-state index in [9.17, 15) is 0 Å². The second-order valence-electron chi connectivity index (χ2n) is 6.11. The van der Waals surface area contributed by atoms with Crippen molar-refractivity contribution in [1.29, 1.82) is 0 Å². The van der Waals surface area contributed by atoms with Crippen LogP contribution in [0.4, 0.5) is 0 Å². The lowest BCUT2D eigenvalue weighted by atomic mass is 10.1. The van der Waals surface area contributed by atoms with Crippen LogP contribution in [0.3, 0.4) is 0 Å². The number of ether oxygens (including phenoxy) is 2. The molecule has 0 saturated heterocycles. The number of methoxy groups -OCH3 is 1. The molecule has 1 heterocycles. The van der Waals surface area contributed by atoms with Crippen molar-refractivity contribution < 1.29 is 9.47 Å². The molecule has 0 aromatic carbocycles. The molecule has 0 atom stereocenters. The van der Waals surface area contributed by atoms with Gasteiger partial charge in [0.25, 0.3) is 0 Å². The number of aromatic nitrogens is 1. The van der Waals surface area contributed by atoms with Crippen molar-refractivity contribution in [2.45, 2.75) is 58.2 Å². The van der Waals surface area contributed by atoms with Crippen molar-refractivity contribution in [3.05, 3.63) is 23.4 Å². The van der Waals surface area contributed by atoms with Crippen LogP contribution >= 0.6 is 0 Å². The second kappa shape index (κ2) is 6.55. The zero-order chi connectivity index (χ0) is 14.6. The minimum atomic E-state index is -0.150. The molecule has 1 saturated carbocycles. The average Bonchev–Trinajstić information content (AvgIpc) is 3.22. The largest absolute Gasteiger partial charge is 0.478 e. The minimum absolute atomic E-state index is 0.150. The first-order valence-electron chi connectivity index (χ1n) is 7.38. The molecule has 1 N–H and O–H groups in total. The Morgan fingerprint density at radius 3 is 2.70 bits per heavy atom. The van der Waals surface area contributed by atoms with Crippen LogP contribution in [-0.4, -0.2) is 30.3 Å². The molecule has 0 unspecified atom stereocenters. The molecule has 4 heteroatoms. The normalized spacial score (nSPS) is 15.4. The summed E-state index contributed by atoms with van der Waals surface area (Å²) >= 11 is 0. The number of aryl methyl sites for hydroxylation is 1. The predicted molar refractivity (Wildman–Crippen MR) is 80.0 cm³/mol. The number of nitrogens with zero attached hydrogens (tertiary/aromatic N) is 1. The van der Waals surface area contributed by atoms with Crippen LogP contribution in [0.1, 0.15) is 44.4 Å². The van der Waals surface area contributed by atoms with Crippen LogP contribution in [0.15, 0.2) is 12.1 Å². The van der Waals surface area contributed by atoms with Gasteiger partial charge in [-0.1, -0.05) is 6.07 Å². The van der Waals surface area contributed by atoms with Crippen molar-refractivity contribution in [3.8, 4) is 5.88 Å². The Labute approximate surface area is 121 Å². The fourth-order valence-electron chi connectivity index (χ4n) is 1.88. The second-order valence-corrected chi connectivity index (χ2v) is 6.11. The van der Waals surface area contributed by atoms with Gasteiger partial charge in [0.2, 0.25) is 5.88 Å². The lowest BCUT2D eigenvalue weighted by Crippen LogP contribution is -2.25. The molecule has 0 amide bonds. The highest BCUT2D eigenvalue weighted by atomic mass is 16.5. The summed E-state index contributed by atoms with van der Waals surface area (Å²) in [5, 5.41) is 3.51. The van der Waals surface area contributed by atoms with E-state index in [4.69, 9.17) is 9.47 Å². The van der Waals surface area contributed by atoms with Crippen molar-refractivity contribution in [3.63, 3.8) is 0 Å². The quantitative estimate of drug-likeness (QED) is 0.794. The fraction of sp³-hybridized carbons (Fsp3) is 0.688. The predicted octanol–water partition coefficient (Wildman–Crippen LogP) is 2.84. The molecule has 1 aromatic rings. The summed E-state index contributed by atoms with van der Waals surface area (Å²) in [6.45, 7) is 7.67. The number of pyridine rings is 1. The Balaban J connectivity index is 1.81. The first-order valence-corrected chi connectivity index (χ1v) is 7.38. The van der Waals surface area contributed by atoms with Crippen LogP contribution in [-0.2, 0) is 11.3 Å². The molecule has 0 spiro atoms. The SMILES string of the molecule is COC(C)(C)CCOc1ccc(CNC2CC2)c(C)n1. The van der Waals surface area contributed by atoms with Gasteiger partial charge in [-0.3, -0.25) is 0 Å². The molecule has 0 aliphatic heterocycles. The van der Waals surface area contributed by atoms with Gasteiger partial charge in [-0.25, -0.2) is 4.98 Å². The Kier molecular flexibility index (Phi) is 5.00. The Hall–Kier alpha value is -1.13. The highest BCUT2D eigenvalue weighted by Gasteiger charge is 2.20. The van der Waals surface area contributed by atoms with E-state index in [0.717, 1.165) is 24.7 Å². The highest BCUT2D eigenvalue weighted by Crippen LogP contribution is 2.20. The van der Waals surface area contributed by atoms with Crippen molar-refractivity contribution in [1.82, 2.24) is 10.3 Å². The Morgan fingerprint density at radius 1 is 1.35 bits per heavy atom. The van der Waals surface area contributed by atoms with E-state index >= 15 is 0 Å². The zero-order valence-corrected chi connectivity index (χ0v) is 13.0. The van der Waals surface area contributed by atoms with E-state index < -0.39 is 0 Å². The smallest absolute Gasteiger partial charge is 0.213 e. The topological polar surface area (TPSA) is 43.4 Å². The first-order chi connectivity index (χ1) is 9.50. The minimum Gasteiger partial charge on any atom is -0.478 e. The lowest BCUT2D eigenvalue weighted by Gasteiger charge is -2.22. The Bertz CT molecular complexity index is 442. The molecule has 1 aromatic heterocycles. The summed E-state index contributed by atoms with van der Waals surface area (Å²) in [7, 11) is 1.73. The van der Waals surface area contributed by atoms with Crippen LogP contribution in [0.5, 0.6) is 5.88 Å². The summed E-state index contributed by atoms with van der Waals surface area (Å²) < 4.78 is 11.1. The maximum absolute atomic E-state index is 5.71. The van der Waals surface area contributed by atoms with Crippen LogP contribution in [0.2, 0.25) is 0 Å². The van der Waals surface area contributed by atoms with Crippen LogP contribution in [0, 0.1) is 6.92 Å². The summed E-state index contributed by atoms with van der Waals surface area (Å²) in [6, 6.07) is 4.78. The van der Waals surface area contributed by atoms with Gasteiger partial charge in [0, 0.05) is 37.9 Å². The maximum Gasteiger partial charge on any atom is 0.213 e. The average molecular weight is 278 g/mol. The number of nitrogens with one attached hydrogen (secondary N) is 1. The summed E-state index contributed by atoms with van der Waals surface area (Å²) in [6.07, 6.45) is 3.46. The van der Waals surface area contributed by atoms with E-state index in [1.165, 1.54) is 18.4 Å². The van der Waals surface area contributed by atoms with Crippen molar-refractivity contribution in [2.75, 3.05) is 13.7 Å².